The minimum atomic E-state index is 0. The molecule has 2 aromatic heterocycles. The molecule has 1 N–H and O–H groups in total. The summed E-state index contributed by atoms with van der Waals surface area (Å²) < 4.78 is 1.06. The maximum atomic E-state index is 13.4. The Morgan fingerprint density at radius 1 is 1.07 bits per heavy atom. The van der Waals surface area contributed by atoms with Gasteiger partial charge in [-0.2, -0.15) is 0 Å². The van der Waals surface area contributed by atoms with Gasteiger partial charge in [-0.15, -0.1) is 12.4 Å². The first-order valence-corrected chi connectivity index (χ1v) is 10.9. The molecule has 3 heterocycles. The van der Waals surface area contributed by atoms with Crippen LogP contribution in [0.4, 0.5) is 11.4 Å². The summed E-state index contributed by atoms with van der Waals surface area (Å²) in [5, 5.41) is 4.35. The highest BCUT2D eigenvalue weighted by Crippen LogP contribution is 2.31. The van der Waals surface area contributed by atoms with Crippen LogP contribution in [0.1, 0.15) is 47.3 Å². The predicted octanol–water partition coefficient (Wildman–Crippen LogP) is 6.19. The quantitative estimate of drug-likeness (QED) is 0.476. The van der Waals surface area contributed by atoms with Gasteiger partial charge in [-0.25, -0.2) is 9.97 Å². The Morgan fingerprint density at radius 3 is 2.50 bits per heavy atom. The number of hydrogen-bond donors (Lipinski definition) is 1. The maximum Gasteiger partial charge on any atom is 0.257 e. The summed E-state index contributed by atoms with van der Waals surface area (Å²) in [5.74, 6) is 0.0400. The van der Waals surface area contributed by atoms with E-state index in [0.29, 0.717) is 11.2 Å². The van der Waals surface area contributed by atoms with E-state index in [0.717, 1.165) is 58.4 Å². The van der Waals surface area contributed by atoms with E-state index >= 15 is 0 Å². The molecule has 30 heavy (non-hydrogen) atoms. The van der Waals surface area contributed by atoms with E-state index < -0.39 is 0 Å². The third-order valence-corrected chi connectivity index (χ3v) is 6.31. The first kappa shape index (κ1) is 22.5. The monoisotopic (exact) mass is 488 g/mol. The maximum absolute atomic E-state index is 13.4. The molecule has 158 valence electrons. The van der Waals surface area contributed by atoms with Crippen molar-refractivity contribution in [3.8, 4) is 0 Å². The van der Waals surface area contributed by atoms with Crippen LogP contribution < -0.4 is 5.32 Å². The number of nitrogens with one attached hydrogen (secondary N) is 1. The Kier molecular flexibility index (Phi) is 7.32. The Hall–Kier alpha value is -2.18. The molecule has 1 amide bonds. The zero-order chi connectivity index (χ0) is 20.4. The normalized spacial score (nSPS) is 14.2. The number of aryl methyl sites for hydroxylation is 2. The van der Waals surface area contributed by atoms with Crippen molar-refractivity contribution in [1.29, 1.82) is 0 Å². The van der Waals surface area contributed by atoms with Crippen LogP contribution in [-0.4, -0.2) is 33.9 Å². The van der Waals surface area contributed by atoms with Crippen LogP contribution in [0.2, 0.25) is 0 Å². The van der Waals surface area contributed by atoms with E-state index in [9.17, 15) is 4.79 Å². The summed E-state index contributed by atoms with van der Waals surface area (Å²) >= 11 is 3.55. The number of fused-ring (bicyclic) bond motifs is 1. The molecule has 7 heteroatoms. The van der Waals surface area contributed by atoms with Crippen molar-refractivity contribution in [2.24, 2.45) is 0 Å². The number of hydrogen-bond acceptors (Lipinski definition) is 4. The first-order valence-electron chi connectivity index (χ1n) is 10.1. The molecule has 0 bridgehead atoms. The summed E-state index contributed by atoms with van der Waals surface area (Å²) in [6.07, 6.45) is 6.17. The van der Waals surface area contributed by atoms with Crippen LogP contribution in [-0.2, 0) is 0 Å². The number of nitrogens with zero attached hydrogens (tertiary/aromatic N) is 3. The average Bonchev–Trinajstić information content (AvgIpc) is 3.00. The smallest absolute Gasteiger partial charge is 0.257 e. The van der Waals surface area contributed by atoms with E-state index in [1.165, 1.54) is 12.8 Å². The second-order valence-electron chi connectivity index (χ2n) is 7.67. The summed E-state index contributed by atoms with van der Waals surface area (Å²) in [7, 11) is 0. The van der Waals surface area contributed by atoms with Gasteiger partial charge in [0, 0.05) is 40.5 Å². The molecule has 1 aliphatic heterocycles. The highest BCUT2D eigenvalue weighted by atomic mass is 79.9. The van der Waals surface area contributed by atoms with Gasteiger partial charge in [0.1, 0.15) is 0 Å². The molecule has 0 atom stereocenters. The minimum Gasteiger partial charge on any atom is -0.354 e. The molecule has 4 rings (SSSR count). The standard InChI is InChI=1S/C23H25BrN4O.ClH/c1-15-13-17(8-10-20(15)24)27-21-18-9-7-16(2)26-22(18)25-14-19(21)23(29)28-11-5-3-4-6-12-28;/h7-10,13-14H,3-6,11-12H2,1-2H3,(H,25,26,27);1H. The summed E-state index contributed by atoms with van der Waals surface area (Å²) in [6.45, 7) is 5.61. The third-order valence-electron chi connectivity index (χ3n) is 5.42. The molecule has 1 aliphatic rings. The molecule has 0 radical (unpaired) electrons. The van der Waals surface area contributed by atoms with Crippen molar-refractivity contribution in [3.63, 3.8) is 0 Å². The number of rotatable bonds is 3. The molecular formula is C23H26BrClN4O. The van der Waals surface area contributed by atoms with E-state index in [-0.39, 0.29) is 18.3 Å². The van der Waals surface area contributed by atoms with Gasteiger partial charge >= 0.3 is 0 Å². The van der Waals surface area contributed by atoms with Crippen molar-refractivity contribution in [2.75, 3.05) is 18.4 Å². The van der Waals surface area contributed by atoms with Crippen LogP contribution in [0.25, 0.3) is 11.0 Å². The van der Waals surface area contributed by atoms with Crippen molar-refractivity contribution < 1.29 is 4.79 Å². The lowest BCUT2D eigenvalue weighted by Gasteiger charge is -2.23. The van der Waals surface area contributed by atoms with E-state index in [1.807, 2.05) is 43.0 Å². The molecular weight excluding hydrogens is 464 g/mol. The number of halogens is 2. The van der Waals surface area contributed by atoms with Crippen LogP contribution in [0, 0.1) is 13.8 Å². The largest absolute Gasteiger partial charge is 0.354 e. The van der Waals surface area contributed by atoms with Gasteiger partial charge in [0.25, 0.3) is 5.91 Å². The van der Waals surface area contributed by atoms with Gasteiger partial charge in [-0.1, -0.05) is 28.8 Å². The lowest BCUT2D eigenvalue weighted by molar-refractivity contribution is 0.0762. The van der Waals surface area contributed by atoms with Crippen molar-refractivity contribution in [1.82, 2.24) is 14.9 Å². The van der Waals surface area contributed by atoms with E-state index in [1.54, 1.807) is 6.20 Å². The van der Waals surface area contributed by atoms with Gasteiger partial charge in [0.05, 0.1) is 11.3 Å². The molecule has 3 aromatic rings. The van der Waals surface area contributed by atoms with Gasteiger partial charge < -0.3 is 10.2 Å². The molecule has 0 saturated carbocycles. The summed E-state index contributed by atoms with van der Waals surface area (Å²) in [5.41, 5.74) is 4.99. The van der Waals surface area contributed by atoms with Gasteiger partial charge in [0.2, 0.25) is 0 Å². The van der Waals surface area contributed by atoms with Gasteiger partial charge in [0.15, 0.2) is 5.65 Å². The number of carbonyl (C=O) groups excluding carboxylic acids is 1. The number of likely N-dealkylation sites (tertiary alicyclic amines) is 1. The molecule has 1 saturated heterocycles. The van der Waals surface area contributed by atoms with Crippen molar-refractivity contribution in [3.05, 3.63) is 57.8 Å². The van der Waals surface area contributed by atoms with Crippen molar-refractivity contribution >= 4 is 56.7 Å². The fraction of sp³-hybridized carbons (Fsp3) is 0.348. The Morgan fingerprint density at radius 2 is 1.80 bits per heavy atom. The minimum absolute atomic E-state index is 0. The topological polar surface area (TPSA) is 58.1 Å². The first-order chi connectivity index (χ1) is 14.0. The number of pyridine rings is 2. The Balaban J connectivity index is 0.00000256. The predicted molar refractivity (Wildman–Crippen MR) is 128 cm³/mol. The Labute approximate surface area is 191 Å². The van der Waals surface area contributed by atoms with Crippen LogP contribution >= 0.6 is 28.3 Å². The third kappa shape index (κ3) is 4.76. The molecule has 5 nitrogen and oxygen atoms in total. The van der Waals surface area contributed by atoms with Gasteiger partial charge in [-0.05, 0) is 62.6 Å². The second kappa shape index (κ2) is 9.75. The number of aromatic nitrogens is 2. The Bertz CT molecular complexity index is 1060. The molecule has 0 unspecified atom stereocenters. The fourth-order valence-electron chi connectivity index (χ4n) is 3.78. The highest BCUT2D eigenvalue weighted by molar-refractivity contribution is 9.10. The summed E-state index contributed by atoms with van der Waals surface area (Å²) in [4.78, 5) is 24.4. The van der Waals surface area contributed by atoms with Gasteiger partial charge in [-0.3, -0.25) is 4.79 Å². The highest BCUT2D eigenvalue weighted by Gasteiger charge is 2.22. The van der Waals surface area contributed by atoms with Crippen LogP contribution in [0.15, 0.2) is 41.0 Å². The molecule has 0 aliphatic carbocycles. The molecule has 0 spiro atoms. The van der Waals surface area contributed by atoms with E-state index in [4.69, 9.17) is 0 Å². The van der Waals surface area contributed by atoms with Crippen molar-refractivity contribution in [2.45, 2.75) is 39.5 Å². The summed E-state index contributed by atoms with van der Waals surface area (Å²) in [6, 6.07) is 10.0. The zero-order valence-corrected chi connectivity index (χ0v) is 19.6. The molecule has 1 aromatic carbocycles. The zero-order valence-electron chi connectivity index (χ0n) is 17.2. The lowest BCUT2D eigenvalue weighted by atomic mass is 10.1. The average molecular weight is 490 g/mol. The molecule has 1 fully saturated rings. The van der Waals surface area contributed by atoms with Crippen LogP contribution in [0.3, 0.4) is 0 Å². The SMILES string of the molecule is Cc1ccc2c(Nc3ccc(Br)c(C)c3)c(C(=O)N3CCCCCC3)cnc2n1.Cl. The lowest BCUT2D eigenvalue weighted by Crippen LogP contribution is -2.32. The fourth-order valence-corrected chi connectivity index (χ4v) is 4.03. The number of benzene rings is 1. The number of carbonyl (C=O) groups is 1. The number of amides is 1. The van der Waals surface area contributed by atoms with E-state index in [2.05, 4.69) is 37.3 Å². The number of anilines is 2. The second-order valence-corrected chi connectivity index (χ2v) is 8.52. The van der Waals surface area contributed by atoms with Crippen LogP contribution in [0.5, 0.6) is 0 Å².